The van der Waals surface area contributed by atoms with Crippen molar-refractivity contribution in [3.8, 4) is 11.5 Å². The molecule has 0 saturated heterocycles. The van der Waals surface area contributed by atoms with Crippen LogP contribution >= 0.6 is 0 Å². The molecule has 0 saturated carbocycles. The molecule has 0 spiro atoms. The van der Waals surface area contributed by atoms with E-state index in [0.717, 1.165) is 35.8 Å². The average Bonchev–Trinajstić information content (AvgIpc) is 2.26. The molecule has 4 nitrogen and oxygen atoms in total. The minimum Gasteiger partial charge on any atom is -0.486 e. The summed E-state index contributed by atoms with van der Waals surface area (Å²) in [7, 11) is 0. The van der Waals surface area contributed by atoms with Crippen LogP contribution in [0.3, 0.4) is 0 Å². The van der Waals surface area contributed by atoms with Gasteiger partial charge in [-0.05, 0) is 18.2 Å². The third-order valence-electron chi connectivity index (χ3n) is 2.37. The molecule has 0 fully saturated rings. The predicted molar refractivity (Wildman–Crippen MR) is 59.2 cm³/mol. The number of anilines is 1. The molecule has 82 valence electrons. The number of fused-ring (bicyclic) bond motifs is 1. The van der Waals surface area contributed by atoms with E-state index in [2.05, 4.69) is 12.2 Å². The van der Waals surface area contributed by atoms with Gasteiger partial charge in [0, 0.05) is 18.3 Å². The summed E-state index contributed by atoms with van der Waals surface area (Å²) in [6.07, 6.45) is 0. The lowest BCUT2D eigenvalue weighted by Gasteiger charge is -2.20. The maximum Gasteiger partial charge on any atom is 0.163 e. The number of hydrogen-bond acceptors (Lipinski definition) is 4. The highest BCUT2D eigenvalue weighted by Crippen LogP contribution is 2.34. The predicted octanol–water partition coefficient (Wildman–Crippen LogP) is 1.15. The lowest BCUT2D eigenvalue weighted by Crippen LogP contribution is -2.17. The summed E-state index contributed by atoms with van der Waals surface area (Å²) in [6.45, 7) is 4.96. The van der Waals surface area contributed by atoms with Crippen molar-refractivity contribution in [1.29, 1.82) is 0 Å². The zero-order chi connectivity index (χ0) is 10.7. The Morgan fingerprint density at radius 1 is 1.27 bits per heavy atom. The molecule has 0 bridgehead atoms. The van der Waals surface area contributed by atoms with E-state index in [1.807, 2.05) is 12.1 Å². The normalized spacial score (nSPS) is 13.9. The summed E-state index contributed by atoms with van der Waals surface area (Å²) in [4.78, 5) is 0. The molecule has 1 aromatic rings. The first-order valence-corrected chi connectivity index (χ1v) is 5.20. The molecule has 15 heavy (non-hydrogen) atoms. The van der Waals surface area contributed by atoms with Gasteiger partial charge in [0.05, 0.1) is 0 Å². The van der Waals surface area contributed by atoms with Crippen molar-refractivity contribution in [1.82, 2.24) is 5.32 Å². The Morgan fingerprint density at radius 2 is 1.93 bits per heavy atom. The number of ether oxygens (including phenoxy) is 2. The van der Waals surface area contributed by atoms with Crippen molar-refractivity contribution in [2.45, 2.75) is 13.5 Å². The first-order chi connectivity index (χ1) is 7.31. The Labute approximate surface area is 89.4 Å². The van der Waals surface area contributed by atoms with E-state index in [1.165, 1.54) is 0 Å². The van der Waals surface area contributed by atoms with Crippen LogP contribution in [0, 0.1) is 0 Å². The van der Waals surface area contributed by atoms with E-state index in [1.54, 1.807) is 0 Å². The van der Waals surface area contributed by atoms with E-state index in [9.17, 15) is 0 Å². The summed E-state index contributed by atoms with van der Waals surface area (Å²) in [5.74, 6) is 1.54. The number of rotatable bonds is 3. The fourth-order valence-electron chi connectivity index (χ4n) is 1.56. The second-order valence-electron chi connectivity index (χ2n) is 3.48. The molecule has 1 aliphatic rings. The highest BCUT2D eigenvalue weighted by molar-refractivity contribution is 5.58. The molecular weight excluding hydrogens is 192 g/mol. The minimum atomic E-state index is 0.596. The number of nitrogens with one attached hydrogen (secondary N) is 1. The van der Waals surface area contributed by atoms with E-state index in [4.69, 9.17) is 15.2 Å². The van der Waals surface area contributed by atoms with E-state index in [-0.39, 0.29) is 0 Å². The lowest BCUT2D eigenvalue weighted by molar-refractivity contribution is 0.171. The van der Waals surface area contributed by atoms with Crippen molar-refractivity contribution < 1.29 is 9.47 Å². The minimum absolute atomic E-state index is 0.596. The van der Waals surface area contributed by atoms with Crippen LogP contribution in [-0.4, -0.2) is 19.8 Å². The Bertz CT molecular complexity index is 353. The fourth-order valence-corrected chi connectivity index (χ4v) is 1.56. The van der Waals surface area contributed by atoms with Crippen LogP contribution in [0.2, 0.25) is 0 Å². The van der Waals surface area contributed by atoms with Crippen LogP contribution in [0.5, 0.6) is 11.5 Å². The van der Waals surface area contributed by atoms with Crippen molar-refractivity contribution in [2.24, 2.45) is 0 Å². The van der Waals surface area contributed by atoms with Gasteiger partial charge < -0.3 is 20.5 Å². The van der Waals surface area contributed by atoms with Gasteiger partial charge in [-0.2, -0.15) is 0 Å². The molecule has 2 rings (SSSR count). The zero-order valence-corrected chi connectivity index (χ0v) is 8.88. The Morgan fingerprint density at radius 3 is 2.60 bits per heavy atom. The van der Waals surface area contributed by atoms with Gasteiger partial charge in [-0.25, -0.2) is 0 Å². The largest absolute Gasteiger partial charge is 0.486 e. The molecule has 1 aromatic carbocycles. The molecule has 3 N–H and O–H groups in total. The molecule has 1 heterocycles. The molecule has 0 aliphatic carbocycles. The highest BCUT2D eigenvalue weighted by atomic mass is 16.6. The first kappa shape index (κ1) is 10.1. The number of nitrogens with two attached hydrogens (primary N) is 1. The van der Waals surface area contributed by atoms with Crippen LogP contribution in [0.15, 0.2) is 12.1 Å². The topological polar surface area (TPSA) is 56.5 Å². The Hall–Kier alpha value is -1.42. The van der Waals surface area contributed by atoms with Gasteiger partial charge in [-0.1, -0.05) is 6.92 Å². The molecule has 0 unspecified atom stereocenters. The summed E-state index contributed by atoms with van der Waals surface area (Å²) in [5, 5.41) is 3.24. The monoisotopic (exact) mass is 208 g/mol. The zero-order valence-electron chi connectivity index (χ0n) is 8.88. The third-order valence-corrected chi connectivity index (χ3v) is 2.37. The van der Waals surface area contributed by atoms with Crippen molar-refractivity contribution in [3.05, 3.63) is 17.7 Å². The first-order valence-electron chi connectivity index (χ1n) is 5.20. The van der Waals surface area contributed by atoms with E-state index >= 15 is 0 Å². The van der Waals surface area contributed by atoms with Gasteiger partial charge >= 0.3 is 0 Å². The van der Waals surface area contributed by atoms with Gasteiger partial charge in [0.1, 0.15) is 13.2 Å². The van der Waals surface area contributed by atoms with Crippen LogP contribution in [-0.2, 0) is 6.54 Å². The second kappa shape index (κ2) is 4.40. The maximum absolute atomic E-state index is 5.91. The Balaban J connectivity index is 2.24. The summed E-state index contributed by atoms with van der Waals surface area (Å²) < 4.78 is 10.9. The smallest absolute Gasteiger partial charge is 0.163 e. The average molecular weight is 208 g/mol. The third kappa shape index (κ3) is 2.15. The summed E-state index contributed by atoms with van der Waals surface area (Å²) in [6, 6.07) is 3.79. The van der Waals surface area contributed by atoms with Crippen molar-refractivity contribution >= 4 is 5.69 Å². The van der Waals surface area contributed by atoms with Gasteiger partial charge in [0.25, 0.3) is 0 Å². The fraction of sp³-hybridized carbons (Fsp3) is 0.455. The molecule has 0 aromatic heterocycles. The summed E-state index contributed by atoms with van der Waals surface area (Å²) in [5.41, 5.74) is 7.72. The van der Waals surface area contributed by atoms with E-state index < -0.39 is 0 Å². The van der Waals surface area contributed by atoms with Crippen LogP contribution in [0.25, 0.3) is 0 Å². The van der Waals surface area contributed by atoms with Gasteiger partial charge in [0.2, 0.25) is 0 Å². The molecule has 4 heteroatoms. The van der Waals surface area contributed by atoms with Gasteiger partial charge in [-0.3, -0.25) is 0 Å². The standard InChI is InChI=1S/C11H16N2O2/c1-2-13-7-8-5-10-11(6-9(8)12)15-4-3-14-10/h5-6,13H,2-4,7,12H2,1H3. The molecular formula is C11H16N2O2. The van der Waals surface area contributed by atoms with Crippen molar-refractivity contribution in [3.63, 3.8) is 0 Å². The van der Waals surface area contributed by atoms with Crippen LogP contribution in [0.4, 0.5) is 5.69 Å². The summed E-state index contributed by atoms with van der Waals surface area (Å²) >= 11 is 0. The number of hydrogen-bond donors (Lipinski definition) is 2. The lowest BCUT2D eigenvalue weighted by atomic mass is 10.1. The maximum atomic E-state index is 5.91. The molecule has 0 atom stereocenters. The van der Waals surface area contributed by atoms with Crippen LogP contribution < -0.4 is 20.5 Å². The second-order valence-corrected chi connectivity index (χ2v) is 3.48. The Kier molecular flexibility index (Phi) is 2.97. The van der Waals surface area contributed by atoms with E-state index in [0.29, 0.717) is 13.2 Å². The highest BCUT2D eigenvalue weighted by Gasteiger charge is 2.13. The number of benzene rings is 1. The molecule has 0 radical (unpaired) electrons. The molecule has 0 amide bonds. The number of nitrogen functional groups attached to an aromatic ring is 1. The SMILES string of the molecule is CCNCc1cc2c(cc1N)OCCO2. The quantitative estimate of drug-likeness (QED) is 0.732. The van der Waals surface area contributed by atoms with Gasteiger partial charge in [0.15, 0.2) is 11.5 Å². The molecule has 1 aliphatic heterocycles. The van der Waals surface area contributed by atoms with Crippen molar-refractivity contribution in [2.75, 3.05) is 25.5 Å². The van der Waals surface area contributed by atoms with Crippen LogP contribution in [0.1, 0.15) is 12.5 Å². The van der Waals surface area contributed by atoms with Gasteiger partial charge in [-0.15, -0.1) is 0 Å².